The highest BCUT2D eigenvalue weighted by atomic mass is 16.5. The van der Waals surface area contributed by atoms with Gasteiger partial charge in [-0.1, -0.05) is 18.2 Å². The number of nitrogens with one attached hydrogen (secondary N) is 1. The Morgan fingerprint density at radius 2 is 2.22 bits per heavy atom. The Morgan fingerprint density at radius 3 is 3.09 bits per heavy atom. The number of hydrogen-bond donors (Lipinski definition) is 1. The third-order valence-corrected chi connectivity index (χ3v) is 4.19. The summed E-state index contributed by atoms with van der Waals surface area (Å²) in [6, 6.07) is 11.3. The molecule has 1 N–H and O–H groups in total. The molecule has 1 fully saturated rings. The summed E-state index contributed by atoms with van der Waals surface area (Å²) < 4.78 is 11.0. The molecule has 6 nitrogen and oxygen atoms in total. The van der Waals surface area contributed by atoms with Crippen molar-refractivity contribution in [3.8, 4) is 0 Å². The Morgan fingerprint density at radius 1 is 1.30 bits per heavy atom. The van der Waals surface area contributed by atoms with Crippen LogP contribution >= 0.6 is 0 Å². The van der Waals surface area contributed by atoms with Crippen LogP contribution in [0.4, 0.5) is 0 Å². The van der Waals surface area contributed by atoms with Gasteiger partial charge >= 0.3 is 0 Å². The van der Waals surface area contributed by atoms with Crippen LogP contribution in [0.1, 0.15) is 17.5 Å². The number of furan rings is 1. The number of benzene rings is 1. The molecule has 1 aliphatic heterocycles. The first-order valence-corrected chi connectivity index (χ1v) is 7.65. The molecule has 1 unspecified atom stereocenters. The number of ether oxygens (including phenoxy) is 1. The number of aromatic amines is 1. The van der Waals surface area contributed by atoms with Gasteiger partial charge in [0.15, 0.2) is 0 Å². The molecule has 3 aromatic rings. The zero-order valence-corrected chi connectivity index (χ0v) is 12.6. The number of amides is 1. The molecule has 2 aromatic heterocycles. The van der Waals surface area contributed by atoms with E-state index in [1.54, 1.807) is 6.26 Å². The second kappa shape index (κ2) is 5.89. The molecule has 23 heavy (non-hydrogen) atoms. The minimum atomic E-state index is -0.166. The first-order valence-electron chi connectivity index (χ1n) is 7.65. The van der Waals surface area contributed by atoms with Crippen molar-refractivity contribution >= 4 is 16.8 Å². The SMILES string of the molecule is O=C(Cc1[nH]nc2ccccc12)N1CCOCC1c1ccco1. The van der Waals surface area contributed by atoms with E-state index in [1.165, 1.54) is 0 Å². The maximum Gasteiger partial charge on any atom is 0.229 e. The summed E-state index contributed by atoms with van der Waals surface area (Å²) in [6.45, 7) is 1.58. The van der Waals surface area contributed by atoms with Gasteiger partial charge in [0.05, 0.1) is 37.1 Å². The number of carbonyl (C=O) groups is 1. The Hall–Kier alpha value is -2.60. The van der Waals surface area contributed by atoms with Crippen molar-refractivity contribution < 1.29 is 13.9 Å². The third-order valence-electron chi connectivity index (χ3n) is 4.19. The predicted octanol–water partition coefficient (Wildman–Crippen LogP) is 2.30. The lowest BCUT2D eigenvalue weighted by Crippen LogP contribution is -2.44. The Labute approximate surface area is 133 Å². The second-order valence-corrected chi connectivity index (χ2v) is 5.59. The largest absolute Gasteiger partial charge is 0.467 e. The molecule has 0 bridgehead atoms. The van der Waals surface area contributed by atoms with E-state index in [4.69, 9.17) is 9.15 Å². The summed E-state index contributed by atoms with van der Waals surface area (Å²) in [5.74, 6) is 0.802. The molecule has 1 amide bonds. The van der Waals surface area contributed by atoms with Crippen LogP contribution in [0.5, 0.6) is 0 Å². The van der Waals surface area contributed by atoms with Crippen LogP contribution in [-0.2, 0) is 16.0 Å². The van der Waals surface area contributed by atoms with Gasteiger partial charge in [-0.25, -0.2) is 0 Å². The lowest BCUT2D eigenvalue weighted by atomic mass is 10.1. The fraction of sp³-hybridized carbons (Fsp3) is 0.294. The van der Waals surface area contributed by atoms with E-state index in [0.717, 1.165) is 22.4 Å². The van der Waals surface area contributed by atoms with E-state index in [9.17, 15) is 4.79 Å². The van der Waals surface area contributed by atoms with Crippen LogP contribution in [0.25, 0.3) is 10.9 Å². The van der Waals surface area contributed by atoms with E-state index in [2.05, 4.69) is 10.2 Å². The molecule has 1 aromatic carbocycles. The molecule has 6 heteroatoms. The van der Waals surface area contributed by atoms with Crippen LogP contribution in [0.2, 0.25) is 0 Å². The van der Waals surface area contributed by atoms with Crippen molar-refractivity contribution in [3.05, 3.63) is 54.1 Å². The van der Waals surface area contributed by atoms with Gasteiger partial charge in [0.2, 0.25) is 5.91 Å². The summed E-state index contributed by atoms with van der Waals surface area (Å²) in [4.78, 5) is 14.6. The fourth-order valence-electron chi connectivity index (χ4n) is 3.02. The highest BCUT2D eigenvalue weighted by Crippen LogP contribution is 2.26. The molecule has 3 heterocycles. The van der Waals surface area contributed by atoms with Crippen LogP contribution < -0.4 is 0 Å². The lowest BCUT2D eigenvalue weighted by Gasteiger charge is -2.34. The molecule has 0 aliphatic carbocycles. The number of fused-ring (bicyclic) bond motifs is 1. The highest BCUT2D eigenvalue weighted by molar-refractivity contribution is 5.87. The van der Waals surface area contributed by atoms with E-state index in [1.807, 2.05) is 41.3 Å². The number of hydrogen-bond acceptors (Lipinski definition) is 4. The summed E-state index contributed by atoms with van der Waals surface area (Å²) in [7, 11) is 0. The topological polar surface area (TPSA) is 71.4 Å². The van der Waals surface area contributed by atoms with Crippen molar-refractivity contribution in [3.63, 3.8) is 0 Å². The van der Waals surface area contributed by atoms with Gasteiger partial charge in [0.1, 0.15) is 11.8 Å². The van der Waals surface area contributed by atoms with Crippen LogP contribution in [-0.4, -0.2) is 40.8 Å². The molecule has 4 rings (SSSR count). The van der Waals surface area contributed by atoms with Crippen molar-refractivity contribution in [2.45, 2.75) is 12.5 Å². The zero-order valence-electron chi connectivity index (χ0n) is 12.6. The highest BCUT2D eigenvalue weighted by Gasteiger charge is 2.30. The van der Waals surface area contributed by atoms with Crippen molar-refractivity contribution in [2.24, 2.45) is 0 Å². The Bertz CT molecular complexity index is 809. The van der Waals surface area contributed by atoms with Crippen molar-refractivity contribution in [1.29, 1.82) is 0 Å². The van der Waals surface area contributed by atoms with E-state index in [0.29, 0.717) is 19.8 Å². The van der Waals surface area contributed by atoms with Crippen LogP contribution in [0, 0.1) is 0 Å². The van der Waals surface area contributed by atoms with Crippen molar-refractivity contribution in [2.75, 3.05) is 19.8 Å². The molecule has 0 spiro atoms. The Balaban J connectivity index is 1.57. The number of rotatable bonds is 3. The number of carbonyl (C=O) groups excluding carboxylic acids is 1. The summed E-state index contributed by atoms with van der Waals surface area (Å²) in [5, 5.41) is 8.22. The lowest BCUT2D eigenvalue weighted by molar-refractivity contribution is -0.140. The number of aromatic nitrogens is 2. The van der Waals surface area contributed by atoms with Gasteiger partial charge in [0, 0.05) is 11.9 Å². The quantitative estimate of drug-likeness (QED) is 0.805. The molecular formula is C17H17N3O3. The third kappa shape index (κ3) is 2.61. The zero-order chi connectivity index (χ0) is 15.6. The first kappa shape index (κ1) is 14.0. The fourth-order valence-corrected chi connectivity index (χ4v) is 3.02. The minimum Gasteiger partial charge on any atom is -0.467 e. The van der Waals surface area contributed by atoms with Gasteiger partial charge in [-0.2, -0.15) is 5.10 Å². The predicted molar refractivity (Wildman–Crippen MR) is 83.8 cm³/mol. The Kier molecular flexibility index (Phi) is 3.59. The number of H-pyrrole nitrogens is 1. The summed E-state index contributed by atoms with van der Waals surface area (Å²) in [6.07, 6.45) is 1.91. The van der Waals surface area contributed by atoms with E-state index < -0.39 is 0 Å². The van der Waals surface area contributed by atoms with Gasteiger partial charge < -0.3 is 14.1 Å². The molecule has 0 saturated carbocycles. The van der Waals surface area contributed by atoms with Crippen LogP contribution in [0.15, 0.2) is 47.1 Å². The second-order valence-electron chi connectivity index (χ2n) is 5.59. The smallest absolute Gasteiger partial charge is 0.229 e. The number of para-hydroxylation sites is 1. The van der Waals surface area contributed by atoms with Gasteiger partial charge in [-0.05, 0) is 18.2 Å². The average Bonchev–Trinajstić information content (AvgIpc) is 3.25. The van der Waals surface area contributed by atoms with Crippen LogP contribution in [0.3, 0.4) is 0 Å². The van der Waals surface area contributed by atoms with Crippen molar-refractivity contribution in [1.82, 2.24) is 15.1 Å². The summed E-state index contributed by atoms with van der Waals surface area (Å²) in [5.41, 5.74) is 1.72. The molecule has 1 atom stereocenters. The van der Waals surface area contributed by atoms with E-state index >= 15 is 0 Å². The maximum atomic E-state index is 12.8. The average molecular weight is 311 g/mol. The number of morpholine rings is 1. The molecule has 1 aliphatic rings. The van der Waals surface area contributed by atoms with Gasteiger partial charge in [0.25, 0.3) is 0 Å². The van der Waals surface area contributed by atoms with Gasteiger partial charge in [-0.3, -0.25) is 9.89 Å². The molecule has 1 saturated heterocycles. The standard InChI is InChI=1S/C17H17N3O3/c21-17(10-14-12-4-1-2-5-13(12)18-19-14)20-7-9-22-11-15(20)16-6-3-8-23-16/h1-6,8,15H,7,9-11H2,(H,18,19). The normalized spacial score (nSPS) is 18.4. The van der Waals surface area contributed by atoms with E-state index in [-0.39, 0.29) is 18.4 Å². The molecule has 118 valence electrons. The number of nitrogens with zero attached hydrogens (tertiary/aromatic N) is 2. The summed E-state index contributed by atoms with van der Waals surface area (Å²) >= 11 is 0. The monoisotopic (exact) mass is 311 g/mol. The minimum absolute atomic E-state index is 0.0455. The molecule has 0 radical (unpaired) electrons. The van der Waals surface area contributed by atoms with Gasteiger partial charge in [-0.15, -0.1) is 0 Å². The molecular weight excluding hydrogens is 294 g/mol. The first-order chi connectivity index (χ1) is 11.3. The maximum absolute atomic E-state index is 12.8.